The summed E-state index contributed by atoms with van der Waals surface area (Å²) in [7, 11) is 0. The van der Waals surface area contributed by atoms with E-state index >= 15 is 0 Å². The first kappa shape index (κ1) is 47.1. The Morgan fingerprint density at radius 2 is 1.25 bits per heavy atom. The smallest absolute Gasteiger partial charge is 0.246 e. The zero-order chi connectivity index (χ0) is 46.3. The SMILES string of the molecule is C[C@H](N)C(=O)N[C@@H](Cc1cnc[nH]1)C(=O)N[C@@H](C)C(=O)N[C@@H](Cc1c[nH]c2ccccc12)C(=O)N[C@@H](Cc1ccccc1)C(=O)N[C@@H](CCCCN)C(=O)Nc1ccc2ccccc2c1. The van der Waals surface area contributed by atoms with Crippen molar-refractivity contribution < 1.29 is 28.8 Å². The van der Waals surface area contributed by atoms with Crippen molar-refractivity contribution in [1.29, 1.82) is 0 Å². The second kappa shape index (κ2) is 22.8. The fourth-order valence-corrected chi connectivity index (χ4v) is 7.40. The molecule has 0 unspecified atom stereocenters. The number of unbranched alkanes of at least 4 members (excludes halogenated alkanes) is 1. The molecule has 6 atom stereocenters. The summed E-state index contributed by atoms with van der Waals surface area (Å²) in [5, 5.41) is 19.6. The third kappa shape index (κ3) is 13.3. The Bertz CT molecular complexity index is 2560. The minimum Gasteiger partial charge on any atom is -0.361 e. The van der Waals surface area contributed by atoms with Gasteiger partial charge in [-0.25, -0.2) is 4.98 Å². The van der Waals surface area contributed by atoms with Gasteiger partial charge in [0.2, 0.25) is 35.4 Å². The summed E-state index contributed by atoms with van der Waals surface area (Å²) in [6, 6.07) is 23.3. The minimum atomic E-state index is -1.25. The molecule has 65 heavy (non-hydrogen) atoms. The van der Waals surface area contributed by atoms with Crippen LogP contribution in [-0.2, 0) is 48.0 Å². The van der Waals surface area contributed by atoms with E-state index in [9.17, 15) is 28.8 Å². The third-order valence-electron chi connectivity index (χ3n) is 11.0. The Morgan fingerprint density at radius 1 is 0.615 bits per heavy atom. The number of anilines is 1. The van der Waals surface area contributed by atoms with E-state index in [1.165, 1.54) is 26.4 Å². The highest BCUT2D eigenvalue weighted by Crippen LogP contribution is 2.21. The molecule has 0 aliphatic heterocycles. The van der Waals surface area contributed by atoms with Gasteiger partial charge < -0.3 is 53.3 Å². The molecule has 6 amide bonds. The van der Waals surface area contributed by atoms with Crippen molar-refractivity contribution in [3.8, 4) is 0 Å². The predicted molar refractivity (Wildman–Crippen MR) is 249 cm³/mol. The number of nitrogens with two attached hydrogens (primary N) is 2. The van der Waals surface area contributed by atoms with E-state index < -0.39 is 71.7 Å². The van der Waals surface area contributed by atoms with Crippen molar-refractivity contribution >= 4 is 62.8 Å². The van der Waals surface area contributed by atoms with Crippen LogP contribution in [0.5, 0.6) is 0 Å². The lowest BCUT2D eigenvalue weighted by Crippen LogP contribution is -2.59. The number of para-hydroxylation sites is 1. The van der Waals surface area contributed by atoms with Crippen LogP contribution in [0.25, 0.3) is 21.7 Å². The monoisotopic (exact) mass is 883 g/mol. The third-order valence-corrected chi connectivity index (χ3v) is 11.0. The van der Waals surface area contributed by atoms with Crippen molar-refractivity contribution in [3.63, 3.8) is 0 Å². The highest BCUT2D eigenvalue weighted by molar-refractivity contribution is 6.01. The van der Waals surface area contributed by atoms with Gasteiger partial charge in [-0.05, 0) is 79.8 Å². The minimum absolute atomic E-state index is 0.00466. The first-order valence-electron chi connectivity index (χ1n) is 21.7. The number of nitrogens with zero attached hydrogens (tertiary/aromatic N) is 1. The van der Waals surface area contributed by atoms with E-state index in [2.05, 4.69) is 46.9 Å². The normalized spacial score (nSPS) is 14.0. The van der Waals surface area contributed by atoms with Crippen LogP contribution in [0.3, 0.4) is 0 Å². The number of H-pyrrole nitrogens is 2. The summed E-state index contributed by atoms with van der Waals surface area (Å²) in [5.41, 5.74) is 14.9. The maximum Gasteiger partial charge on any atom is 0.246 e. The van der Waals surface area contributed by atoms with Crippen LogP contribution in [0.2, 0.25) is 0 Å². The second-order valence-corrected chi connectivity index (χ2v) is 16.1. The van der Waals surface area contributed by atoms with Gasteiger partial charge in [-0.2, -0.15) is 0 Å². The number of carbonyl (C=O) groups is 6. The second-order valence-electron chi connectivity index (χ2n) is 16.1. The number of amides is 6. The molecule has 0 saturated heterocycles. The number of nitrogens with one attached hydrogen (secondary N) is 8. The highest BCUT2D eigenvalue weighted by Gasteiger charge is 2.33. The molecular weight excluding hydrogens is 827 g/mol. The Labute approximate surface area is 376 Å². The lowest BCUT2D eigenvalue weighted by Gasteiger charge is -2.27. The van der Waals surface area contributed by atoms with Gasteiger partial charge in [-0.15, -0.1) is 0 Å². The average molecular weight is 884 g/mol. The molecule has 6 rings (SSSR count). The van der Waals surface area contributed by atoms with Gasteiger partial charge in [0.15, 0.2) is 0 Å². The zero-order valence-corrected chi connectivity index (χ0v) is 36.4. The molecule has 0 aliphatic carbocycles. The number of hydrogen-bond donors (Lipinski definition) is 10. The van der Waals surface area contributed by atoms with Crippen LogP contribution < -0.4 is 43.4 Å². The number of hydrogen-bond acceptors (Lipinski definition) is 9. The number of rotatable bonds is 22. The molecule has 0 spiro atoms. The van der Waals surface area contributed by atoms with Crippen molar-refractivity contribution in [3.05, 3.63) is 133 Å². The van der Waals surface area contributed by atoms with Gasteiger partial charge in [-0.1, -0.05) is 78.9 Å². The topological polar surface area (TPSA) is 271 Å². The lowest BCUT2D eigenvalue weighted by atomic mass is 10.0. The van der Waals surface area contributed by atoms with Crippen LogP contribution in [0.4, 0.5) is 5.69 Å². The first-order valence-corrected chi connectivity index (χ1v) is 21.7. The van der Waals surface area contributed by atoms with Crippen LogP contribution in [0.1, 0.15) is 49.9 Å². The molecule has 340 valence electrons. The summed E-state index contributed by atoms with van der Waals surface area (Å²) in [5.74, 6) is -3.66. The molecular formula is C48H57N11O6. The number of benzene rings is 4. The van der Waals surface area contributed by atoms with Crippen LogP contribution in [-0.4, -0.2) is 93.2 Å². The number of aromatic amines is 2. The van der Waals surface area contributed by atoms with Crippen molar-refractivity contribution in [2.24, 2.45) is 11.5 Å². The molecule has 17 heteroatoms. The van der Waals surface area contributed by atoms with Crippen LogP contribution in [0, 0.1) is 0 Å². The molecule has 2 heterocycles. The quantitative estimate of drug-likeness (QED) is 0.0449. The summed E-state index contributed by atoms with van der Waals surface area (Å²) in [6.07, 6.45) is 6.26. The molecule has 0 bridgehead atoms. The lowest BCUT2D eigenvalue weighted by molar-refractivity contribution is -0.134. The number of imidazole rings is 1. The van der Waals surface area contributed by atoms with Gasteiger partial charge in [0.25, 0.3) is 0 Å². The van der Waals surface area contributed by atoms with E-state index in [0.717, 1.165) is 27.2 Å². The van der Waals surface area contributed by atoms with Crippen molar-refractivity contribution in [2.75, 3.05) is 11.9 Å². The molecule has 0 fully saturated rings. The van der Waals surface area contributed by atoms with Crippen molar-refractivity contribution in [1.82, 2.24) is 41.5 Å². The molecule has 12 N–H and O–H groups in total. The molecule has 0 radical (unpaired) electrons. The summed E-state index contributed by atoms with van der Waals surface area (Å²) >= 11 is 0. The summed E-state index contributed by atoms with van der Waals surface area (Å²) in [6.45, 7) is 3.34. The fourth-order valence-electron chi connectivity index (χ4n) is 7.40. The van der Waals surface area contributed by atoms with Crippen LogP contribution >= 0.6 is 0 Å². The van der Waals surface area contributed by atoms with Gasteiger partial charge in [-0.3, -0.25) is 28.8 Å². The summed E-state index contributed by atoms with van der Waals surface area (Å²) < 4.78 is 0. The van der Waals surface area contributed by atoms with E-state index in [1.54, 1.807) is 12.3 Å². The Morgan fingerprint density at radius 3 is 1.97 bits per heavy atom. The molecule has 4 aromatic carbocycles. The van der Waals surface area contributed by atoms with Gasteiger partial charge in [0.05, 0.1) is 12.4 Å². The Kier molecular flexibility index (Phi) is 16.5. The predicted octanol–water partition coefficient (Wildman–Crippen LogP) is 2.63. The molecule has 0 saturated carbocycles. The van der Waals surface area contributed by atoms with E-state index in [0.29, 0.717) is 36.3 Å². The molecule has 2 aromatic heterocycles. The zero-order valence-electron chi connectivity index (χ0n) is 36.4. The van der Waals surface area contributed by atoms with Crippen LogP contribution in [0.15, 0.2) is 116 Å². The largest absolute Gasteiger partial charge is 0.361 e. The van der Waals surface area contributed by atoms with Gasteiger partial charge >= 0.3 is 0 Å². The molecule has 0 aliphatic rings. The van der Waals surface area contributed by atoms with E-state index in [-0.39, 0.29) is 25.7 Å². The molecule has 17 nitrogen and oxygen atoms in total. The summed E-state index contributed by atoms with van der Waals surface area (Å²) in [4.78, 5) is 93.1. The van der Waals surface area contributed by atoms with E-state index in [4.69, 9.17) is 11.5 Å². The average Bonchev–Trinajstić information content (AvgIpc) is 3.98. The number of fused-ring (bicyclic) bond motifs is 2. The number of carbonyl (C=O) groups excluding carboxylic acids is 6. The molecule has 6 aromatic rings. The number of aromatic nitrogens is 3. The van der Waals surface area contributed by atoms with Crippen molar-refractivity contribution in [2.45, 2.75) is 88.6 Å². The maximum absolute atomic E-state index is 14.6. The standard InChI is InChI=1S/C48H57N11O6/c1-29(50)43(60)57-42(25-36-27-51-28-53-36)46(63)54-30(2)44(61)58-41(24-34-26-52-38-17-9-8-16-37(34)38)48(65)59-40(22-31-12-4-3-5-13-31)47(64)56-39(18-10-11-21-49)45(62)55-35-20-19-32-14-6-7-15-33(32)23-35/h3-9,12-17,19-20,23,26-30,39-42,52H,10-11,18,21-22,24-25,49-50H2,1-2H3,(H,51,53)(H,54,63)(H,55,62)(H,56,64)(H,57,60)(H,58,61)(H,59,65)/t29-,30-,39-,40-,41-,42-/m0/s1. The fraction of sp³-hybridized carbons (Fsp3) is 0.312. The highest BCUT2D eigenvalue weighted by atomic mass is 16.2. The maximum atomic E-state index is 14.6. The van der Waals surface area contributed by atoms with Gasteiger partial charge in [0.1, 0.15) is 30.2 Å². The Balaban J connectivity index is 1.23. The van der Waals surface area contributed by atoms with E-state index in [1.807, 2.05) is 91.0 Å². The Hall–Kier alpha value is -7.37. The van der Waals surface area contributed by atoms with Gasteiger partial charge in [0, 0.05) is 53.9 Å². The first-order chi connectivity index (χ1) is 31.4.